The third-order valence-electron chi connectivity index (χ3n) is 3.52. The number of aromatic carboxylic acids is 1. The van der Waals surface area contributed by atoms with E-state index in [0.29, 0.717) is 24.1 Å². The summed E-state index contributed by atoms with van der Waals surface area (Å²) in [6.07, 6.45) is 5.76. The first-order chi connectivity index (χ1) is 9.13. The molecule has 2 rings (SSSR count). The van der Waals surface area contributed by atoms with Gasteiger partial charge in [-0.3, -0.25) is 0 Å². The number of aromatic nitrogens is 1. The van der Waals surface area contributed by atoms with Crippen molar-refractivity contribution in [1.82, 2.24) is 4.98 Å². The highest BCUT2D eigenvalue weighted by atomic mass is 16.4. The van der Waals surface area contributed by atoms with Crippen LogP contribution in [0.2, 0.25) is 0 Å². The van der Waals surface area contributed by atoms with E-state index in [0.717, 1.165) is 12.8 Å². The van der Waals surface area contributed by atoms with Gasteiger partial charge in [-0.25, -0.2) is 9.78 Å². The van der Waals surface area contributed by atoms with Crippen LogP contribution in [-0.4, -0.2) is 40.4 Å². The van der Waals surface area contributed by atoms with Crippen LogP contribution in [0.25, 0.3) is 0 Å². The van der Waals surface area contributed by atoms with Gasteiger partial charge in [0.1, 0.15) is 0 Å². The van der Waals surface area contributed by atoms with Gasteiger partial charge in [-0.15, -0.1) is 0 Å². The number of carboxylic acids is 1. The number of rotatable bonds is 5. The van der Waals surface area contributed by atoms with E-state index in [2.05, 4.69) is 4.98 Å². The number of carboxylic acid groups (broad SMARTS) is 1. The average Bonchev–Trinajstić information content (AvgIpc) is 2.90. The molecule has 0 saturated heterocycles. The van der Waals surface area contributed by atoms with Crippen molar-refractivity contribution in [2.24, 2.45) is 0 Å². The fourth-order valence-corrected chi connectivity index (χ4v) is 2.62. The van der Waals surface area contributed by atoms with Crippen LogP contribution in [0.15, 0.2) is 12.3 Å². The predicted molar refractivity (Wildman–Crippen MR) is 72.3 cm³/mol. The first-order valence-corrected chi connectivity index (χ1v) is 6.49. The lowest BCUT2D eigenvalue weighted by Crippen LogP contribution is -2.37. The van der Waals surface area contributed by atoms with Crippen LogP contribution in [0.5, 0.6) is 0 Å². The van der Waals surface area contributed by atoms with Crippen LogP contribution in [-0.2, 0) is 0 Å². The minimum atomic E-state index is -1.04. The molecule has 0 atom stereocenters. The van der Waals surface area contributed by atoms with Gasteiger partial charge < -0.3 is 20.8 Å². The Balaban J connectivity index is 2.28. The van der Waals surface area contributed by atoms with Crippen molar-refractivity contribution in [3.8, 4) is 0 Å². The van der Waals surface area contributed by atoms with Crippen LogP contribution in [0.3, 0.4) is 0 Å². The molecule has 1 heterocycles. The number of hydrogen-bond donors (Lipinski definition) is 3. The highest BCUT2D eigenvalue weighted by Gasteiger charge is 2.25. The zero-order valence-corrected chi connectivity index (χ0v) is 10.7. The van der Waals surface area contributed by atoms with Crippen LogP contribution < -0.4 is 10.6 Å². The molecule has 1 aliphatic rings. The van der Waals surface area contributed by atoms with Gasteiger partial charge in [0.15, 0.2) is 5.82 Å². The Kier molecular flexibility index (Phi) is 4.21. The third-order valence-corrected chi connectivity index (χ3v) is 3.52. The number of pyridine rings is 1. The lowest BCUT2D eigenvalue weighted by molar-refractivity contribution is 0.0696. The highest BCUT2D eigenvalue weighted by Crippen LogP contribution is 2.30. The number of aliphatic hydroxyl groups is 1. The molecular weight excluding hydrogens is 246 g/mol. The lowest BCUT2D eigenvalue weighted by Gasteiger charge is -2.30. The number of nitrogens with zero attached hydrogens (tertiary/aromatic N) is 2. The molecule has 4 N–H and O–H groups in total. The van der Waals surface area contributed by atoms with E-state index in [-0.39, 0.29) is 12.2 Å². The first-order valence-electron chi connectivity index (χ1n) is 6.49. The van der Waals surface area contributed by atoms with Gasteiger partial charge in [0, 0.05) is 18.8 Å². The summed E-state index contributed by atoms with van der Waals surface area (Å²) in [4.78, 5) is 17.0. The van der Waals surface area contributed by atoms with Crippen molar-refractivity contribution in [3.63, 3.8) is 0 Å². The highest BCUT2D eigenvalue weighted by molar-refractivity contribution is 5.89. The van der Waals surface area contributed by atoms with E-state index < -0.39 is 5.97 Å². The molecular formula is C13H19N3O3. The smallest absolute Gasteiger partial charge is 0.337 e. The number of carbonyl (C=O) groups is 1. The summed E-state index contributed by atoms with van der Waals surface area (Å²) in [5.74, 6) is -0.466. The Labute approximate surface area is 111 Å². The van der Waals surface area contributed by atoms with Crippen molar-refractivity contribution in [1.29, 1.82) is 0 Å². The molecule has 1 aliphatic carbocycles. The summed E-state index contributed by atoms with van der Waals surface area (Å²) in [5.41, 5.74) is 6.34. The lowest BCUT2D eigenvalue weighted by atomic mass is 10.2. The summed E-state index contributed by atoms with van der Waals surface area (Å²) < 4.78 is 0. The fraction of sp³-hybridized carbons (Fsp3) is 0.538. The number of anilines is 2. The molecule has 1 saturated carbocycles. The second kappa shape index (κ2) is 5.88. The molecule has 0 unspecified atom stereocenters. The molecule has 0 radical (unpaired) electrons. The van der Waals surface area contributed by atoms with Crippen molar-refractivity contribution in [3.05, 3.63) is 17.8 Å². The number of aliphatic hydroxyl groups excluding tert-OH is 1. The van der Waals surface area contributed by atoms with E-state index in [1.165, 1.54) is 25.1 Å². The molecule has 0 spiro atoms. The van der Waals surface area contributed by atoms with Crippen molar-refractivity contribution < 1.29 is 15.0 Å². The molecule has 1 fully saturated rings. The Bertz CT molecular complexity index is 458. The molecule has 1 aromatic heterocycles. The summed E-state index contributed by atoms with van der Waals surface area (Å²) in [7, 11) is 0. The van der Waals surface area contributed by atoms with E-state index in [1.807, 2.05) is 4.90 Å². The maximum Gasteiger partial charge on any atom is 0.337 e. The molecule has 0 bridgehead atoms. The van der Waals surface area contributed by atoms with Gasteiger partial charge in [-0.1, -0.05) is 12.8 Å². The van der Waals surface area contributed by atoms with Gasteiger partial charge in [-0.2, -0.15) is 0 Å². The SMILES string of the molecule is Nc1cc(C(=O)O)cnc1N(CCO)C1CCCC1. The van der Waals surface area contributed by atoms with Crippen molar-refractivity contribution in [2.75, 3.05) is 23.8 Å². The maximum atomic E-state index is 10.9. The quantitative estimate of drug-likeness (QED) is 0.737. The Morgan fingerprint density at radius 2 is 2.16 bits per heavy atom. The normalized spacial score (nSPS) is 15.6. The summed E-state index contributed by atoms with van der Waals surface area (Å²) in [6.45, 7) is 0.493. The van der Waals surface area contributed by atoms with E-state index in [1.54, 1.807) is 0 Å². The van der Waals surface area contributed by atoms with Gasteiger partial charge >= 0.3 is 5.97 Å². The Hall–Kier alpha value is -1.82. The van der Waals surface area contributed by atoms with Gasteiger partial charge in [0.2, 0.25) is 0 Å². The average molecular weight is 265 g/mol. The zero-order chi connectivity index (χ0) is 13.8. The maximum absolute atomic E-state index is 10.9. The van der Waals surface area contributed by atoms with Crippen LogP contribution in [0.1, 0.15) is 36.0 Å². The molecule has 0 amide bonds. The molecule has 104 valence electrons. The standard InChI is InChI=1S/C13H19N3O3/c14-11-7-9(13(18)19)8-15-12(11)16(5-6-17)10-3-1-2-4-10/h7-8,10,17H,1-6,14H2,(H,18,19). The Morgan fingerprint density at radius 3 is 2.68 bits per heavy atom. The molecule has 0 aromatic carbocycles. The number of nitrogen functional groups attached to an aromatic ring is 1. The van der Waals surface area contributed by atoms with E-state index >= 15 is 0 Å². The minimum Gasteiger partial charge on any atom is -0.478 e. The van der Waals surface area contributed by atoms with Crippen molar-refractivity contribution >= 4 is 17.5 Å². The second-order valence-corrected chi connectivity index (χ2v) is 4.80. The Morgan fingerprint density at radius 1 is 1.47 bits per heavy atom. The van der Waals surface area contributed by atoms with Crippen molar-refractivity contribution in [2.45, 2.75) is 31.7 Å². The van der Waals surface area contributed by atoms with Gasteiger partial charge in [0.25, 0.3) is 0 Å². The molecule has 0 aliphatic heterocycles. The predicted octanol–water partition coefficient (Wildman–Crippen LogP) is 1.10. The minimum absolute atomic E-state index is 0.0261. The molecule has 6 heteroatoms. The molecule has 6 nitrogen and oxygen atoms in total. The first kappa shape index (κ1) is 13.6. The number of hydrogen-bond acceptors (Lipinski definition) is 5. The third kappa shape index (κ3) is 2.96. The summed E-state index contributed by atoms with van der Waals surface area (Å²) in [5, 5.41) is 18.1. The van der Waals surface area contributed by atoms with Crippen LogP contribution in [0, 0.1) is 0 Å². The largest absolute Gasteiger partial charge is 0.478 e. The topological polar surface area (TPSA) is 99.7 Å². The van der Waals surface area contributed by atoms with E-state index in [4.69, 9.17) is 10.8 Å². The summed E-state index contributed by atoms with van der Waals surface area (Å²) in [6, 6.07) is 1.75. The molecule has 19 heavy (non-hydrogen) atoms. The van der Waals surface area contributed by atoms with Crippen LogP contribution in [0.4, 0.5) is 11.5 Å². The summed E-state index contributed by atoms with van der Waals surface area (Å²) >= 11 is 0. The van der Waals surface area contributed by atoms with Crippen LogP contribution >= 0.6 is 0 Å². The molecule has 1 aromatic rings. The van der Waals surface area contributed by atoms with Gasteiger partial charge in [0.05, 0.1) is 17.9 Å². The fourth-order valence-electron chi connectivity index (χ4n) is 2.62. The van der Waals surface area contributed by atoms with Gasteiger partial charge in [-0.05, 0) is 18.9 Å². The zero-order valence-electron chi connectivity index (χ0n) is 10.7. The number of nitrogens with two attached hydrogens (primary N) is 1. The monoisotopic (exact) mass is 265 g/mol. The van der Waals surface area contributed by atoms with E-state index in [9.17, 15) is 9.90 Å². The second-order valence-electron chi connectivity index (χ2n) is 4.80.